The molecule has 0 unspecified atom stereocenters. The van der Waals surface area contributed by atoms with Crippen molar-refractivity contribution in [3.8, 4) is 0 Å². The second kappa shape index (κ2) is 44.1. The van der Waals surface area contributed by atoms with E-state index in [4.69, 9.17) is 38.4 Å². The Morgan fingerprint density at radius 1 is 0.625 bits per heavy atom. The van der Waals surface area contributed by atoms with Crippen LogP contribution in [0.25, 0.3) is 0 Å². The molecule has 374 valence electrons. The number of carbonyl (C=O) groups excluding carboxylic acids is 6. The predicted molar refractivity (Wildman–Crippen MR) is 259 cm³/mol. The van der Waals surface area contributed by atoms with Crippen molar-refractivity contribution >= 4 is 77.4 Å². The molecular weight excluding hydrogens is 884 g/mol. The summed E-state index contributed by atoms with van der Waals surface area (Å²) in [5.74, 6) is -5.19. The second-order valence-electron chi connectivity index (χ2n) is 16.6. The number of nitrogens with zero attached hydrogens (tertiary/aromatic N) is 1. The molecular formula is C47H86Cl2N4O10S. The molecule has 0 heterocycles. The molecule has 0 radical (unpaired) electrons. The molecule has 4 atom stereocenters. The van der Waals surface area contributed by atoms with Gasteiger partial charge in [-0.15, -0.1) is 23.2 Å². The smallest absolute Gasteiger partial charge is 0.306 e. The number of carboxylic acid groups (broad SMARTS) is 1. The molecule has 0 rings (SSSR count). The number of halogens is 2. The van der Waals surface area contributed by atoms with Crippen LogP contribution in [0.5, 0.6) is 0 Å². The molecule has 0 spiro atoms. The first-order valence-corrected chi connectivity index (χ1v) is 25.9. The minimum atomic E-state index is -1.34. The Labute approximate surface area is 401 Å². The van der Waals surface area contributed by atoms with Gasteiger partial charge in [0.25, 0.3) is 0 Å². The quantitative estimate of drug-likeness (QED) is 0.0169. The van der Waals surface area contributed by atoms with Crippen LogP contribution < -0.4 is 16.4 Å². The van der Waals surface area contributed by atoms with Crippen LogP contribution in [-0.4, -0.2) is 100 Å². The summed E-state index contributed by atoms with van der Waals surface area (Å²) in [7, 11) is 0. The van der Waals surface area contributed by atoms with Gasteiger partial charge < -0.3 is 35.8 Å². The number of carboxylic acids is 1. The molecule has 17 heteroatoms. The van der Waals surface area contributed by atoms with E-state index in [0.29, 0.717) is 19.3 Å². The Hall–Kier alpha value is -2.78. The molecule has 0 aromatic carbocycles. The number of esters is 2. The summed E-state index contributed by atoms with van der Waals surface area (Å²) >= 11 is 13.9. The number of hydrogen-bond donors (Lipinski definition) is 5. The highest BCUT2D eigenvalue weighted by Gasteiger charge is 2.35. The minimum absolute atomic E-state index is 0.109. The molecule has 14 nitrogen and oxygen atoms in total. The Morgan fingerprint density at radius 3 is 1.47 bits per heavy atom. The summed E-state index contributed by atoms with van der Waals surface area (Å²) < 4.78 is 11.4. The van der Waals surface area contributed by atoms with Crippen molar-refractivity contribution in [1.82, 2.24) is 15.5 Å². The fourth-order valence-corrected chi connectivity index (χ4v) is 7.22. The topological polar surface area (TPSA) is 212 Å². The first-order chi connectivity index (χ1) is 30.7. The third-order valence-electron chi connectivity index (χ3n) is 10.9. The number of thiol groups is 1. The Balaban J connectivity index is 0. The van der Waals surface area contributed by atoms with E-state index >= 15 is 0 Å². The zero-order valence-electron chi connectivity index (χ0n) is 39.8. The van der Waals surface area contributed by atoms with Gasteiger partial charge in [0.15, 0.2) is 6.10 Å². The van der Waals surface area contributed by atoms with Crippen molar-refractivity contribution in [3.05, 3.63) is 0 Å². The average molecular weight is 970 g/mol. The summed E-state index contributed by atoms with van der Waals surface area (Å²) in [5, 5.41) is 14.6. The highest BCUT2D eigenvalue weighted by Crippen LogP contribution is 2.16. The normalized spacial score (nSPS) is 12.7. The summed E-state index contributed by atoms with van der Waals surface area (Å²) in [6.07, 6.45) is 22.3. The first kappa shape index (κ1) is 63.3. The van der Waals surface area contributed by atoms with Gasteiger partial charge in [0.05, 0.1) is 11.9 Å². The van der Waals surface area contributed by atoms with Gasteiger partial charge in [0.1, 0.15) is 24.7 Å². The standard InChI is InChI=1S/C46H84N4O10S.CH2Cl2/c1-5-8-11-14-17-18-21-22-25-28-40(51)48-39(35-61)46(58)50(36(4)45(57)49-38(44(47)56)31-32-41(52)53)33-37(60-43(55)30-27-24-20-16-13-10-7-3)34-59-42(54)29-26-23-19-15-12-9-6-2;2-1-3/h36-39,61H,5-35H2,1-4H3,(H2,47,56)(H,48,51)(H,49,57)(H,52,53);1H2/t36-,37+,38+,39-;/m0./s1. The highest BCUT2D eigenvalue weighted by atomic mass is 35.5. The zero-order valence-corrected chi connectivity index (χ0v) is 42.2. The maximum Gasteiger partial charge on any atom is 0.306 e. The van der Waals surface area contributed by atoms with Gasteiger partial charge in [-0.1, -0.05) is 149 Å². The summed E-state index contributed by atoms with van der Waals surface area (Å²) in [6, 6.07) is -3.85. The van der Waals surface area contributed by atoms with E-state index < -0.39 is 72.8 Å². The average Bonchev–Trinajstić information content (AvgIpc) is 3.26. The fraction of sp³-hybridized carbons (Fsp3) is 0.851. The maximum atomic E-state index is 14.3. The third-order valence-corrected chi connectivity index (χ3v) is 11.2. The molecule has 0 aromatic rings. The molecule has 0 bridgehead atoms. The number of unbranched alkanes of at least 4 members (excludes halogenated alkanes) is 20. The third kappa shape index (κ3) is 36.4. The number of ether oxygens (including phenoxy) is 2. The van der Waals surface area contributed by atoms with Crippen LogP contribution in [0.3, 0.4) is 0 Å². The van der Waals surface area contributed by atoms with E-state index in [0.717, 1.165) is 101 Å². The van der Waals surface area contributed by atoms with Crippen LogP contribution >= 0.6 is 35.8 Å². The molecule has 0 saturated heterocycles. The van der Waals surface area contributed by atoms with Gasteiger partial charge in [-0.05, 0) is 32.6 Å². The van der Waals surface area contributed by atoms with Gasteiger partial charge in [-0.3, -0.25) is 33.6 Å². The number of aliphatic carboxylic acids is 1. The lowest BCUT2D eigenvalue weighted by Crippen LogP contribution is -2.59. The number of amides is 4. The number of carbonyl (C=O) groups is 7. The molecule has 64 heavy (non-hydrogen) atoms. The van der Waals surface area contributed by atoms with Crippen molar-refractivity contribution in [2.45, 2.75) is 232 Å². The largest absolute Gasteiger partial charge is 0.481 e. The molecule has 0 fully saturated rings. The van der Waals surface area contributed by atoms with E-state index in [1.54, 1.807) is 0 Å². The molecule has 0 aromatic heterocycles. The maximum absolute atomic E-state index is 14.3. The van der Waals surface area contributed by atoms with Crippen LogP contribution in [0.15, 0.2) is 0 Å². The summed E-state index contributed by atoms with van der Waals surface area (Å²) in [5.41, 5.74) is 5.49. The van der Waals surface area contributed by atoms with Gasteiger partial charge >= 0.3 is 17.9 Å². The number of nitrogens with two attached hydrogens (primary N) is 1. The Bertz CT molecular complexity index is 1270. The zero-order chi connectivity index (χ0) is 48.4. The van der Waals surface area contributed by atoms with Crippen LogP contribution in [0.2, 0.25) is 0 Å². The molecule has 0 aliphatic rings. The lowest BCUT2D eigenvalue weighted by molar-refractivity contribution is -0.163. The lowest BCUT2D eigenvalue weighted by Gasteiger charge is -2.34. The summed E-state index contributed by atoms with van der Waals surface area (Å²) in [6.45, 7) is 7.11. The summed E-state index contributed by atoms with van der Waals surface area (Å²) in [4.78, 5) is 91.7. The molecule has 4 amide bonds. The van der Waals surface area contributed by atoms with Gasteiger partial charge in [-0.2, -0.15) is 12.6 Å². The Kier molecular flexibility index (Phi) is 43.6. The van der Waals surface area contributed by atoms with E-state index in [1.807, 2.05) is 0 Å². The lowest BCUT2D eigenvalue weighted by atomic mass is 10.1. The van der Waals surface area contributed by atoms with E-state index in [1.165, 1.54) is 39.0 Å². The van der Waals surface area contributed by atoms with Crippen LogP contribution in [0.1, 0.15) is 207 Å². The van der Waals surface area contributed by atoms with Crippen molar-refractivity contribution in [2.24, 2.45) is 5.73 Å². The van der Waals surface area contributed by atoms with E-state index in [-0.39, 0.29) is 49.3 Å². The fourth-order valence-electron chi connectivity index (χ4n) is 6.97. The molecule has 0 saturated carbocycles. The minimum Gasteiger partial charge on any atom is -0.481 e. The van der Waals surface area contributed by atoms with E-state index in [2.05, 4.69) is 44.0 Å². The van der Waals surface area contributed by atoms with E-state index in [9.17, 15) is 38.7 Å². The SMILES string of the molecule is CCCCCCCCCCCC(=O)N[C@@H](CS)C(=O)N(C[C@H](COC(=O)CCCCCCCCC)OC(=O)CCCCCCCCC)[C@@H](C)C(=O)N[C@H](CCC(=O)O)C(N)=O.ClCCl. The molecule has 0 aliphatic carbocycles. The van der Waals surface area contributed by atoms with Crippen molar-refractivity contribution in [3.63, 3.8) is 0 Å². The van der Waals surface area contributed by atoms with Crippen molar-refractivity contribution in [2.75, 3.05) is 24.2 Å². The Morgan fingerprint density at radius 2 is 1.05 bits per heavy atom. The number of rotatable bonds is 41. The second-order valence-corrected chi connectivity index (χ2v) is 17.8. The number of nitrogens with one attached hydrogen (secondary N) is 2. The van der Waals surface area contributed by atoms with Gasteiger partial charge in [0, 0.05) is 31.4 Å². The van der Waals surface area contributed by atoms with Crippen molar-refractivity contribution < 1.29 is 48.1 Å². The van der Waals surface area contributed by atoms with Crippen LogP contribution in [0.4, 0.5) is 0 Å². The molecule has 5 N–H and O–H groups in total. The number of alkyl halides is 2. The highest BCUT2D eigenvalue weighted by molar-refractivity contribution is 7.80. The number of hydrogen-bond acceptors (Lipinski definition) is 10. The monoisotopic (exact) mass is 969 g/mol. The van der Waals surface area contributed by atoms with Gasteiger partial charge in [-0.25, -0.2) is 0 Å². The van der Waals surface area contributed by atoms with Crippen LogP contribution in [0, 0.1) is 0 Å². The molecule has 0 aliphatic heterocycles. The van der Waals surface area contributed by atoms with Gasteiger partial charge in [0.2, 0.25) is 23.6 Å². The number of primary amides is 1. The first-order valence-electron chi connectivity index (χ1n) is 24.2. The van der Waals surface area contributed by atoms with Crippen LogP contribution in [-0.2, 0) is 43.0 Å². The van der Waals surface area contributed by atoms with Crippen molar-refractivity contribution in [1.29, 1.82) is 0 Å². The predicted octanol–water partition coefficient (Wildman–Crippen LogP) is 9.53.